The topological polar surface area (TPSA) is 43.8 Å². The molecule has 0 radical (unpaired) electrons. The third-order valence-corrected chi connectivity index (χ3v) is 3.81. The zero-order valence-corrected chi connectivity index (χ0v) is 12.4. The maximum Gasteiger partial charge on any atom is 0.140 e. The van der Waals surface area contributed by atoms with Crippen molar-refractivity contribution in [3.8, 4) is 11.4 Å². The first-order valence-corrected chi connectivity index (χ1v) is 7.06. The molecule has 3 aromatic rings. The van der Waals surface area contributed by atoms with Gasteiger partial charge in [0, 0.05) is 30.2 Å². The van der Waals surface area contributed by atoms with Gasteiger partial charge >= 0.3 is 0 Å². The number of imidazole rings is 1. The van der Waals surface area contributed by atoms with E-state index in [1.54, 1.807) is 0 Å². The van der Waals surface area contributed by atoms with Gasteiger partial charge in [0.15, 0.2) is 0 Å². The summed E-state index contributed by atoms with van der Waals surface area (Å²) in [5.41, 5.74) is 11.5. The molecule has 106 valence electrons. The van der Waals surface area contributed by atoms with Gasteiger partial charge in [-0.25, -0.2) is 4.98 Å². The zero-order valence-electron chi connectivity index (χ0n) is 12.4. The Bertz CT molecular complexity index is 754. The van der Waals surface area contributed by atoms with E-state index in [2.05, 4.69) is 41.6 Å². The molecule has 3 rings (SSSR count). The van der Waals surface area contributed by atoms with Gasteiger partial charge in [-0.15, -0.1) is 0 Å². The quantitative estimate of drug-likeness (QED) is 0.740. The van der Waals surface area contributed by atoms with Gasteiger partial charge in [-0.3, -0.25) is 0 Å². The molecule has 2 N–H and O–H groups in total. The first-order valence-electron chi connectivity index (χ1n) is 7.06. The van der Waals surface area contributed by atoms with Crippen LogP contribution in [0.25, 0.3) is 11.4 Å². The Morgan fingerprint density at radius 3 is 2.48 bits per heavy atom. The van der Waals surface area contributed by atoms with Crippen LogP contribution in [0.5, 0.6) is 0 Å². The van der Waals surface area contributed by atoms with Crippen molar-refractivity contribution in [3.05, 3.63) is 71.5 Å². The smallest absolute Gasteiger partial charge is 0.140 e. The molecule has 1 heterocycles. The van der Waals surface area contributed by atoms with Crippen molar-refractivity contribution in [2.75, 3.05) is 5.73 Å². The van der Waals surface area contributed by atoms with Crippen molar-refractivity contribution in [1.82, 2.24) is 9.55 Å². The number of aryl methyl sites for hydroxylation is 2. The van der Waals surface area contributed by atoms with Crippen LogP contribution in [0.2, 0.25) is 0 Å². The van der Waals surface area contributed by atoms with E-state index in [9.17, 15) is 0 Å². The lowest BCUT2D eigenvalue weighted by atomic mass is 10.1. The van der Waals surface area contributed by atoms with Gasteiger partial charge in [-0.05, 0) is 54.8 Å². The number of nitrogens with zero attached hydrogens (tertiary/aromatic N) is 2. The number of aromatic nitrogens is 2. The highest BCUT2D eigenvalue weighted by molar-refractivity contribution is 5.59. The number of rotatable bonds is 3. The first kappa shape index (κ1) is 13.4. The van der Waals surface area contributed by atoms with Gasteiger partial charge in [-0.1, -0.05) is 18.2 Å². The van der Waals surface area contributed by atoms with Crippen LogP contribution in [0.1, 0.15) is 16.7 Å². The summed E-state index contributed by atoms with van der Waals surface area (Å²) in [4.78, 5) is 4.47. The number of anilines is 1. The molecular weight excluding hydrogens is 258 g/mol. The van der Waals surface area contributed by atoms with Crippen molar-refractivity contribution in [2.45, 2.75) is 20.4 Å². The summed E-state index contributed by atoms with van der Waals surface area (Å²) in [6.45, 7) is 5.10. The second-order valence-electron chi connectivity index (χ2n) is 5.42. The van der Waals surface area contributed by atoms with Gasteiger partial charge in [0.2, 0.25) is 0 Å². The number of nitrogen functional groups attached to an aromatic ring is 1. The van der Waals surface area contributed by atoms with Crippen LogP contribution in [0.15, 0.2) is 54.9 Å². The molecule has 2 aromatic carbocycles. The molecule has 0 bridgehead atoms. The molecule has 0 atom stereocenters. The highest BCUT2D eigenvalue weighted by atomic mass is 15.1. The Morgan fingerprint density at radius 1 is 1.00 bits per heavy atom. The van der Waals surface area contributed by atoms with Crippen molar-refractivity contribution in [1.29, 1.82) is 0 Å². The van der Waals surface area contributed by atoms with Gasteiger partial charge in [0.25, 0.3) is 0 Å². The molecule has 1 aromatic heterocycles. The van der Waals surface area contributed by atoms with Gasteiger partial charge in [-0.2, -0.15) is 0 Å². The van der Waals surface area contributed by atoms with E-state index in [1.165, 1.54) is 16.7 Å². The molecule has 3 nitrogen and oxygen atoms in total. The van der Waals surface area contributed by atoms with Crippen molar-refractivity contribution < 1.29 is 0 Å². The van der Waals surface area contributed by atoms with Crippen molar-refractivity contribution >= 4 is 5.69 Å². The molecular formula is C18H19N3. The molecule has 0 amide bonds. The molecule has 0 fully saturated rings. The number of benzene rings is 2. The predicted molar refractivity (Wildman–Crippen MR) is 87.1 cm³/mol. The Kier molecular flexibility index (Phi) is 3.48. The van der Waals surface area contributed by atoms with E-state index in [0.717, 1.165) is 23.6 Å². The van der Waals surface area contributed by atoms with Crippen LogP contribution in [-0.2, 0) is 6.54 Å². The Hall–Kier alpha value is -2.55. The van der Waals surface area contributed by atoms with E-state index in [0.29, 0.717) is 0 Å². The van der Waals surface area contributed by atoms with Crippen LogP contribution in [0, 0.1) is 13.8 Å². The molecule has 3 heteroatoms. The maximum absolute atomic E-state index is 5.75. The van der Waals surface area contributed by atoms with Gasteiger partial charge in [0.1, 0.15) is 5.82 Å². The maximum atomic E-state index is 5.75. The summed E-state index contributed by atoms with van der Waals surface area (Å²) in [6.07, 6.45) is 3.85. The third kappa shape index (κ3) is 2.82. The molecule has 0 aliphatic rings. The van der Waals surface area contributed by atoms with E-state index in [1.807, 2.05) is 36.7 Å². The molecule has 0 unspecified atom stereocenters. The predicted octanol–water partition coefficient (Wildman–Crippen LogP) is 3.80. The summed E-state index contributed by atoms with van der Waals surface area (Å²) in [5.74, 6) is 0.966. The van der Waals surface area contributed by atoms with Crippen LogP contribution < -0.4 is 5.73 Å². The highest BCUT2D eigenvalue weighted by Gasteiger charge is 2.06. The zero-order chi connectivity index (χ0) is 14.8. The monoisotopic (exact) mass is 277 g/mol. The summed E-state index contributed by atoms with van der Waals surface area (Å²) in [6, 6.07) is 14.4. The highest BCUT2D eigenvalue weighted by Crippen LogP contribution is 2.20. The SMILES string of the molecule is Cc1ccc(Cn2ccnc2-c2ccc(N)cc2)cc1C. The Labute approximate surface area is 125 Å². The largest absolute Gasteiger partial charge is 0.399 e. The molecule has 0 aliphatic carbocycles. The summed E-state index contributed by atoms with van der Waals surface area (Å²) in [7, 11) is 0. The number of hydrogen-bond donors (Lipinski definition) is 1. The second-order valence-corrected chi connectivity index (χ2v) is 5.42. The molecule has 21 heavy (non-hydrogen) atoms. The van der Waals surface area contributed by atoms with Gasteiger partial charge < -0.3 is 10.3 Å². The van der Waals surface area contributed by atoms with Crippen molar-refractivity contribution in [2.24, 2.45) is 0 Å². The summed E-state index contributed by atoms with van der Waals surface area (Å²) in [5, 5.41) is 0. The average Bonchev–Trinajstić information content (AvgIpc) is 2.92. The molecule has 0 aliphatic heterocycles. The van der Waals surface area contributed by atoms with Gasteiger partial charge in [0.05, 0.1) is 0 Å². The van der Waals surface area contributed by atoms with Crippen LogP contribution in [0.4, 0.5) is 5.69 Å². The normalized spacial score (nSPS) is 10.8. The minimum Gasteiger partial charge on any atom is -0.399 e. The Balaban J connectivity index is 1.92. The van der Waals surface area contributed by atoms with Crippen LogP contribution in [-0.4, -0.2) is 9.55 Å². The first-order chi connectivity index (χ1) is 10.1. The standard InChI is InChI=1S/C18H19N3/c1-13-3-4-15(11-14(13)2)12-21-10-9-20-18(21)16-5-7-17(19)8-6-16/h3-11H,12,19H2,1-2H3. The van der Waals surface area contributed by atoms with Crippen LogP contribution >= 0.6 is 0 Å². The number of nitrogens with two attached hydrogens (primary N) is 1. The van der Waals surface area contributed by atoms with Crippen LogP contribution in [0.3, 0.4) is 0 Å². The lowest BCUT2D eigenvalue weighted by molar-refractivity contribution is 0.806. The van der Waals surface area contributed by atoms with E-state index in [4.69, 9.17) is 5.73 Å². The second kappa shape index (κ2) is 5.44. The molecule has 0 saturated carbocycles. The van der Waals surface area contributed by atoms with E-state index in [-0.39, 0.29) is 0 Å². The lowest BCUT2D eigenvalue weighted by Gasteiger charge is -2.10. The average molecular weight is 277 g/mol. The molecule has 0 saturated heterocycles. The van der Waals surface area contributed by atoms with E-state index >= 15 is 0 Å². The fraction of sp³-hybridized carbons (Fsp3) is 0.167. The number of hydrogen-bond acceptors (Lipinski definition) is 2. The minimum absolute atomic E-state index is 0.769. The fourth-order valence-electron chi connectivity index (χ4n) is 2.43. The minimum atomic E-state index is 0.769. The summed E-state index contributed by atoms with van der Waals surface area (Å²) < 4.78 is 2.16. The fourth-order valence-corrected chi connectivity index (χ4v) is 2.43. The van der Waals surface area contributed by atoms with E-state index < -0.39 is 0 Å². The molecule has 0 spiro atoms. The lowest BCUT2D eigenvalue weighted by Crippen LogP contribution is -2.02. The summed E-state index contributed by atoms with van der Waals surface area (Å²) >= 11 is 0. The Morgan fingerprint density at radius 2 is 1.76 bits per heavy atom. The van der Waals surface area contributed by atoms with Crippen molar-refractivity contribution in [3.63, 3.8) is 0 Å². The third-order valence-electron chi connectivity index (χ3n) is 3.81.